The number of carbonyl (C=O) groups excluding carboxylic acids is 2. The number of carbonyl (C=O) groups is 2. The van der Waals surface area contributed by atoms with Crippen LogP contribution in [0.4, 0.5) is 11.4 Å². The molecule has 0 radical (unpaired) electrons. The van der Waals surface area contributed by atoms with E-state index in [0.29, 0.717) is 23.2 Å². The zero-order chi connectivity index (χ0) is 23.7. The van der Waals surface area contributed by atoms with Crippen LogP contribution in [0.25, 0.3) is 10.8 Å². The first-order valence-electron chi connectivity index (χ1n) is 10.5. The molecule has 0 fully saturated rings. The zero-order valence-electron chi connectivity index (χ0n) is 17.8. The SMILES string of the molecule is O=C(NN=Cc1cccc([N+](=O)[O-])c1)c1ccc(CN2C(=O)c3cccc4cccc2c34)cc1. The summed E-state index contributed by atoms with van der Waals surface area (Å²) in [6.45, 7) is 0.388. The van der Waals surface area contributed by atoms with Crippen molar-refractivity contribution in [3.05, 3.63) is 117 Å². The van der Waals surface area contributed by atoms with Crippen LogP contribution in [0.15, 0.2) is 90.0 Å². The largest absolute Gasteiger partial charge is 0.303 e. The van der Waals surface area contributed by atoms with Gasteiger partial charge >= 0.3 is 0 Å². The van der Waals surface area contributed by atoms with Gasteiger partial charge in [0.2, 0.25) is 0 Å². The number of amides is 2. The van der Waals surface area contributed by atoms with Crippen molar-refractivity contribution in [1.29, 1.82) is 0 Å². The number of anilines is 1. The third-order valence-electron chi connectivity index (χ3n) is 5.67. The number of nitrogens with one attached hydrogen (secondary N) is 1. The molecular formula is C26H18N4O4. The van der Waals surface area contributed by atoms with Gasteiger partial charge in [-0.3, -0.25) is 19.7 Å². The Kier molecular flexibility index (Phi) is 5.31. The summed E-state index contributed by atoms with van der Waals surface area (Å²) in [7, 11) is 0. The van der Waals surface area contributed by atoms with Crippen molar-refractivity contribution in [3.63, 3.8) is 0 Å². The number of nitrogens with zero attached hydrogens (tertiary/aromatic N) is 3. The molecule has 0 atom stereocenters. The monoisotopic (exact) mass is 450 g/mol. The van der Waals surface area contributed by atoms with E-state index in [9.17, 15) is 19.7 Å². The zero-order valence-corrected chi connectivity index (χ0v) is 17.8. The molecule has 34 heavy (non-hydrogen) atoms. The first-order chi connectivity index (χ1) is 16.5. The van der Waals surface area contributed by atoms with Gasteiger partial charge < -0.3 is 4.90 Å². The lowest BCUT2D eigenvalue weighted by Gasteiger charge is -2.18. The van der Waals surface area contributed by atoms with Gasteiger partial charge in [-0.2, -0.15) is 5.10 Å². The van der Waals surface area contributed by atoms with E-state index in [1.54, 1.807) is 41.3 Å². The third kappa shape index (κ3) is 3.88. The molecule has 5 rings (SSSR count). The predicted octanol–water partition coefficient (Wildman–Crippen LogP) is 4.67. The number of hydrogen-bond acceptors (Lipinski definition) is 5. The normalized spacial score (nSPS) is 12.5. The van der Waals surface area contributed by atoms with Crippen LogP contribution in [0.2, 0.25) is 0 Å². The molecule has 8 heteroatoms. The van der Waals surface area contributed by atoms with Crippen LogP contribution in [0, 0.1) is 10.1 Å². The van der Waals surface area contributed by atoms with Crippen LogP contribution >= 0.6 is 0 Å². The Hall–Kier alpha value is -4.85. The minimum Gasteiger partial charge on any atom is -0.303 e. The van der Waals surface area contributed by atoms with Crippen molar-refractivity contribution >= 4 is 40.2 Å². The number of hydrogen-bond donors (Lipinski definition) is 1. The fourth-order valence-electron chi connectivity index (χ4n) is 4.03. The summed E-state index contributed by atoms with van der Waals surface area (Å²) in [5.74, 6) is -0.452. The van der Waals surface area contributed by atoms with Crippen LogP contribution in [-0.2, 0) is 6.54 Å². The Morgan fingerprint density at radius 1 is 1.00 bits per heavy atom. The minimum atomic E-state index is -0.494. The molecule has 1 aliphatic heterocycles. The van der Waals surface area contributed by atoms with Gasteiger partial charge in [-0.05, 0) is 35.2 Å². The molecule has 0 spiro atoms. The van der Waals surface area contributed by atoms with Crippen molar-refractivity contribution in [2.75, 3.05) is 4.90 Å². The van der Waals surface area contributed by atoms with Gasteiger partial charge in [0.15, 0.2) is 0 Å². The van der Waals surface area contributed by atoms with E-state index in [2.05, 4.69) is 10.5 Å². The van der Waals surface area contributed by atoms with Gasteiger partial charge in [0.1, 0.15) is 0 Å². The second kappa shape index (κ2) is 8.59. The Bertz CT molecular complexity index is 1470. The standard InChI is InChI=1S/C26H18N4O4/c31-25(28-27-15-18-4-1-7-21(14-18)30(33)34)20-12-10-17(11-13-20)16-29-23-9-3-6-19-5-2-8-22(24(19)23)26(29)32/h1-15H,16H2,(H,28,31). The van der Waals surface area contributed by atoms with Crippen LogP contribution in [0.5, 0.6) is 0 Å². The highest BCUT2D eigenvalue weighted by Gasteiger charge is 2.29. The average Bonchev–Trinajstić information content (AvgIpc) is 3.12. The molecule has 2 amide bonds. The van der Waals surface area contributed by atoms with Crippen LogP contribution in [0.1, 0.15) is 31.8 Å². The number of non-ortho nitro benzene ring substituents is 1. The third-order valence-corrected chi connectivity index (χ3v) is 5.67. The molecule has 0 unspecified atom stereocenters. The Labute approximate surface area is 194 Å². The topological polar surface area (TPSA) is 105 Å². The number of benzene rings is 4. The smallest absolute Gasteiger partial charge is 0.271 e. The summed E-state index contributed by atoms with van der Waals surface area (Å²) in [5.41, 5.74) is 5.73. The highest BCUT2D eigenvalue weighted by Crippen LogP contribution is 2.37. The molecular weight excluding hydrogens is 432 g/mol. The summed E-state index contributed by atoms with van der Waals surface area (Å²) >= 11 is 0. The molecule has 4 aromatic carbocycles. The summed E-state index contributed by atoms with van der Waals surface area (Å²) in [6, 6.07) is 24.5. The van der Waals surface area contributed by atoms with E-state index in [1.807, 2.05) is 36.4 Å². The number of hydrazone groups is 1. The van der Waals surface area contributed by atoms with Crippen LogP contribution < -0.4 is 10.3 Å². The van der Waals surface area contributed by atoms with Gasteiger partial charge in [0.05, 0.1) is 23.4 Å². The van der Waals surface area contributed by atoms with E-state index in [4.69, 9.17) is 0 Å². The van der Waals surface area contributed by atoms with Crippen molar-refractivity contribution in [2.45, 2.75) is 6.54 Å². The maximum Gasteiger partial charge on any atom is 0.271 e. The molecule has 0 saturated carbocycles. The van der Waals surface area contributed by atoms with Gasteiger partial charge in [-0.15, -0.1) is 0 Å². The molecule has 1 N–H and O–H groups in total. The molecule has 1 heterocycles. The van der Waals surface area contributed by atoms with Crippen molar-refractivity contribution < 1.29 is 14.5 Å². The molecule has 8 nitrogen and oxygen atoms in total. The molecule has 0 bridgehead atoms. The lowest BCUT2D eigenvalue weighted by atomic mass is 10.1. The summed E-state index contributed by atoms with van der Waals surface area (Å²) in [5, 5.41) is 16.7. The van der Waals surface area contributed by atoms with Gasteiger partial charge in [0, 0.05) is 34.2 Å². The summed E-state index contributed by atoms with van der Waals surface area (Å²) in [6.07, 6.45) is 1.34. The molecule has 4 aromatic rings. The van der Waals surface area contributed by atoms with Crippen molar-refractivity contribution in [1.82, 2.24) is 5.43 Å². The maximum absolute atomic E-state index is 13.0. The van der Waals surface area contributed by atoms with Gasteiger partial charge in [-0.25, -0.2) is 5.43 Å². The Morgan fingerprint density at radius 2 is 1.74 bits per heavy atom. The molecule has 1 aliphatic rings. The second-order valence-electron chi connectivity index (χ2n) is 7.82. The number of rotatable bonds is 6. The van der Waals surface area contributed by atoms with E-state index in [0.717, 1.165) is 22.0 Å². The van der Waals surface area contributed by atoms with Crippen LogP contribution in [0.3, 0.4) is 0 Å². The summed E-state index contributed by atoms with van der Waals surface area (Å²) in [4.78, 5) is 37.5. The van der Waals surface area contributed by atoms with Gasteiger partial charge in [-0.1, -0.05) is 48.5 Å². The van der Waals surface area contributed by atoms with E-state index < -0.39 is 10.8 Å². The fraction of sp³-hybridized carbons (Fsp3) is 0.0385. The highest BCUT2D eigenvalue weighted by molar-refractivity contribution is 6.24. The van der Waals surface area contributed by atoms with E-state index in [1.165, 1.54) is 18.3 Å². The Morgan fingerprint density at radius 3 is 2.50 bits per heavy atom. The fourth-order valence-corrected chi connectivity index (χ4v) is 4.03. The Balaban J connectivity index is 1.26. The molecule has 166 valence electrons. The second-order valence-corrected chi connectivity index (χ2v) is 7.82. The number of nitro groups is 1. The van der Waals surface area contributed by atoms with Crippen LogP contribution in [-0.4, -0.2) is 23.0 Å². The first-order valence-corrected chi connectivity index (χ1v) is 10.5. The lowest BCUT2D eigenvalue weighted by molar-refractivity contribution is -0.384. The minimum absolute atomic E-state index is 0.0379. The van der Waals surface area contributed by atoms with Gasteiger partial charge in [0.25, 0.3) is 17.5 Å². The molecule has 0 saturated heterocycles. The maximum atomic E-state index is 13.0. The molecule has 0 aliphatic carbocycles. The van der Waals surface area contributed by atoms with Crippen molar-refractivity contribution in [2.24, 2.45) is 5.10 Å². The summed E-state index contributed by atoms with van der Waals surface area (Å²) < 4.78 is 0. The average molecular weight is 450 g/mol. The van der Waals surface area contributed by atoms with E-state index >= 15 is 0 Å². The predicted molar refractivity (Wildman–Crippen MR) is 129 cm³/mol. The van der Waals surface area contributed by atoms with E-state index in [-0.39, 0.29) is 11.6 Å². The quantitative estimate of drug-likeness (QED) is 0.262. The molecule has 0 aromatic heterocycles. The first kappa shape index (κ1) is 21.0. The van der Waals surface area contributed by atoms with Crippen molar-refractivity contribution in [3.8, 4) is 0 Å². The lowest BCUT2D eigenvalue weighted by Crippen LogP contribution is -2.26. The number of nitro benzene ring substituents is 1. The highest BCUT2D eigenvalue weighted by atomic mass is 16.6.